The van der Waals surface area contributed by atoms with Crippen LogP contribution in [0.5, 0.6) is 5.88 Å². The molecule has 3 atom stereocenters. The van der Waals surface area contributed by atoms with Gasteiger partial charge in [0, 0.05) is 30.4 Å². The second-order valence-electron chi connectivity index (χ2n) is 8.04. The van der Waals surface area contributed by atoms with E-state index in [1.54, 1.807) is 42.7 Å². The van der Waals surface area contributed by atoms with Crippen LogP contribution >= 0.6 is 11.6 Å². The van der Waals surface area contributed by atoms with Crippen molar-refractivity contribution in [2.75, 3.05) is 7.11 Å². The van der Waals surface area contributed by atoms with Gasteiger partial charge in [0.25, 0.3) is 0 Å². The van der Waals surface area contributed by atoms with Gasteiger partial charge >= 0.3 is 0 Å². The van der Waals surface area contributed by atoms with Crippen molar-refractivity contribution >= 4 is 21.4 Å². The fourth-order valence-electron chi connectivity index (χ4n) is 3.62. The molecule has 0 aliphatic rings. The number of ether oxygens (including phenoxy) is 1. The van der Waals surface area contributed by atoms with Crippen molar-refractivity contribution in [3.05, 3.63) is 65.3 Å². The van der Waals surface area contributed by atoms with Crippen LogP contribution in [0.4, 0.5) is 0 Å². The average Bonchev–Trinajstić information content (AvgIpc) is 3.53. The summed E-state index contributed by atoms with van der Waals surface area (Å²) in [6, 6.07) is 6.50. The zero-order valence-corrected chi connectivity index (χ0v) is 21.1. The molecule has 0 N–H and O–H groups in total. The molecule has 4 aromatic heterocycles. The normalized spacial score (nSPS) is 14.4. The smallest absolute Gasteiger partial charge is 0.213 e. The van der Waals surface area contributed by atoms with E-state index in [9.17, 15) is 8.42 Å². The van der Waals surface area contributed by atoms with Crippen molar-refractivity contribution in [3.63, 3.8) is 0 Å². The van der Waals surface area contributed by atoms with Crippen LogP contribution < -0.4 is 4.74 Å². The molecule has 0 radical (unpaired) electrons. The van der Waals surface area contributed by atoms with E-state index in [0.29, 0.717) is 33.9 Å². The average molecular weight is 518 g/mol. The fourth-order valence-corrected chi connectivity index (χ4v) is 5.28. The molecule has 0 unspecified atom stereocenters. The minimum atomic E-state index is -3.70. The van der Waals surface area contributed by atoms with Gasteiger partial charge in [-0.15, -0.1) is 10.2 Å². The van der Waals surface area contributed by atoms with Crippen molar-refractivity contribution in [1.29, 1.82) is 0 Å². The summed E-state index contributed by atoms with van der Waals surface area (Å²) in [5.74, 6) is 0.587. The van der Waals surface area contributed by atoms with Crippen LogP contribution in [0.15, 0.2) is 47.4 Å². The first-order valence-electron chi connectivity index (χ1n) is 10.8. The SMILES string of the molecule is COc1cccc(-c2nnc(CS(=O)(=O)[C@@H](C)[C@H](C)c3ncc(Cl)cn3)n2[C@H](C)c2ccon2)n1. The number of nitrogens with zero attached hydrogens (tertiary/aromatic N) is 7. The summed E-state index contributed by atoms with van der Waals surface area (Å²) in [5, 5.41) is 12.1. The molecule has 0 spiro atoms. The zero-order valence-electron chi connectivity index (χ0n) is 19.5. The topological polar surface area (TPSA) is 139 Å². The molecule has 11 nitrogen and oxygen atoms in total. The molecule has 0 fully saturated rings. The zero-order chi connectivity index (χ0) is 25.2. The number of sulfone groups is 1. The quantitative estimate of drug-likeness (QED) is 0.324. The van der Waals surface area contributed by atoms with Gasteiger partial charge in [-0.25, -0.2) is 23.4 Å². The molecular formula is C22H24ClN7O4S. The van der Waals surface area contributed by atoms with Crippen LogP contribution in [0.2, 0.25) is 5.02 Å². The minimum absolute atomic E-state index is 0.246. The fraction of sp³-hybridized carbons (Fsp3) is 0.364. The molecule has 0 bridgehead atoms. The highest BCUT2D eigenvalue weighted by Crippen LogP contribution is 2.29. The summed E-state index contributed by atoms with van der Waals surface area (Å²) in [6.07, 6.45) is 4.35. The van der Waals surface area contributed by atoms with Crippen LogP contribution in [-0.2, 0) is 15.6 Å². The maximum absolute atomic E-state index is 13.5. The molecule has 4 rings (SSSR count). The molecule has 0 saturated carbocycles. The number of methoxy groups -OCH3 is 1. The van der Waals surface area contributed by atoms with E-state index < -0.39 is 27.0 Å². The summed E-state index contributed by atoms with van der Waals surface area (Å²) in [4.78, 5) is 12.8. The Hall–Kier alpha value is -3.38. The van der Waals surface area contributed by atoms with E-state index in [2.05, 4.69) is 30.3 Å². The van der Waals surface area contributed by atoms with Crippen molar-refractivity contribution < 1.29 is 17.7 Å². The maximum atomic E-state index is 13.5. The molecule has 0 aliphatic heterocycles. The number of halogens is 1. The summed E-state index contributed by atoms with van der Waals surface area (Å²) >= 11 is 5.87. The second-order valence-corrected chi connectivity index (χ2v) is 10.8. The van der Waals surface area contributed by atoms with Gasteiger partial charge in [-0.05, 0) is 19.9 Å². The maximum Gasteiger partial charge on any atom is 0.213 e. The first-order chi connectivity index (χ1) is 16.7. The van der Waals surface area contributed by atoms with Gasteiger partial charge in [0.05, 0.1) is 23.4 Å². The second kappa shape index (κ2) is 10.1. The number of hydrogen-bond acceptors (Lipinski definition) is 10. The van der Waals surface area contributed by atoms with Gasteiger partial charge in [0.1, 0.15) is 35.1 Å². The highest BCUT2D eigenvalue weighted by molar-refractivity contribution is 7.91. The molecule has 0 amide bonds. The lowest BCUT2D eigenvalue weighted by atomic mass is 10.1. The van der Waals surface area contributed by atoms with Gasteiger partial charge in [0.15, 0.2) is 15.7 Å². The van der Waals surface area contributed by atoms with Crippen molar-refractivity contribution in [2.45, 2.75) is 43.7 Å². The Morgan fingerprint density at radius 2 is 1.86 bits per heavy atom. The molecule has 0 saturated heterocycles. The predicted octanol–water partition coefficient (Wildman–Crippen LogP) is 3.50. The van der Waals surface area contributed by atoms with E-state index in [4.69, 9.17) is 20.9 Å². The Bertz CT molecular complexity index is 1390. The molecule has 35 heavy (non-hydrogen) atoms. The summed E-state index contributed by atoms with van der Waals surface area (Å²) in [7, 11) is -2.19. The first-order valence-corrected chi connectivity index (χ1v) is 12.8. The van der Waals surface area contributed by atoms with Gasteiger partial charge in [-0.3, -0.25) is 4.57 Å². The van der Waals surface area contributed by atoms with Crippen molar-refractivity contribution in [2.24, 2.45) is 0 Å². The van der Waals surface area contributed by atoms with Crippen LogP contribution in [0, 0.1) is 0 Å². The third kappa shape index (κ3) is 5.17. The molecule has 0 aliphatic carbocycles. The van der Waals surface area contributed by atoms with Gasteiger partial charge < -0.3 is 9.26 Å². The molecule has 13 heteroatoms. The van der Waals surface area contributed by atoms with E-state index in [-0.39, 0.29) is 11.6 Å². The summed E-state index contributed by atoms with van der Waals surface area (Å²) in [5.41, 5.74) is 1.07. The summed E-state index contributed by atoms with van der Waals surface area (Å²) in [6.45, 7) is 5.25. The Morgan fingerprint density at radius 1 is 1.11 bits per heavy atom. The van der Waals surface area contributed by atoms with Crippen LogP contribution in [-0.4, -0.2) is 55.7 Å². The number of hydrogen-bond donors (Lipinski definition) is 0. The highest BCUT2D eigenvalue weighted by atomic mass is 35.5. The highest BCUT2D eigenvalue weighted by Gasteiger charge is 2.33. The largest absolute Gasteiger partial charge is 0.481 e. The molecule has 4 heterocycles. The van der Waals surface area contributed by atoms with Gasteiger partial charge in [-0.2, -0.15) is 0 Å². The van der Waals surface area contributed by atoms with E-state index in [0.717, 1.165) is 0 Å². The van der Waals surface area contributed by atoms with Crippen molar-refractivity contribution in [3.8, 4) is 17.4 Å². The predicted molar refractivity (Wildman–Crippen MR) is 128 cm³/mol. The van der Waals surface area contributed by atoms with Crippen LogP contribution in [0.1, 0.15) is 50.1 Å². The summed E-state index contributed by atoms with van der Waals surface area (Å²) < 4.78 is 38.8. The van der Waals surface area contributed by atoms with E-state index in [1.807, 2.05) is 6.92 Å². The molecule has 4 aromatic rings. The Morgan fingerprint density at radius 3 is 2.51 bits per heavy atom. The lowest BCUT2D eigenvalue weighted by Gasteiger charge is -2.20. The Kier molecular flexibility index (Phi) is 7.13. The Balaban J connectivity index is 1.72. The molecule has 184 valence electrons. The van der Waals surface area contributed by atoms with Crippen molar-refractivity contribution in [1.82, 2.24) is 34.9 Å². The third-order valence-corrected chi connectivity index (χ3v) is 8.25. The van der Waals surface area contributed by atoms with Gasteiger partial charge in [-0.1, -0.05) is 29.7 Å². The number of rotatable bonds is 9. The first kappa shape index (κ1) is 24.7. The van der Waals surface area contributed by atoms with Crippen LogP contribution in [0.3, 0.4) is 0 Å². The standard InChI is InChI=1S/C22H24ClN7O4S/c1-13(21-24-10-16(23)11-25-21)15(3)35(31,32)12-19-27-28-22(18-6-5-7-20(26-18)33-4)30(19)14(2)17-8-9-34-29-17/h5-11,13-15H,12H2,1-4H3/t13-,14+,15-/m0/s1. The molecular weight excluding hydrogens is 494 g/mol. The lowest BCUT2D eigenvalue weighted by molar-refractivity contribution is 0.397. The number of aromatic nitrogens is 7. The number of pyridine rings is 1. The van der Waals surface area contributed by atoms with Crippen LogP contribution in [0.25, 0.3) is 11.5 Å². The van der Waals surface area contributed by atoms with E-state index in [1.165, 1.54) is 25.8 Å². The monoisotopic (exact) mass is 517 g/mol. The Labute approximate surface area is 207 Å². The minimum Gasteiger partial charge on any atom is -0.481 e. The van der Waals surface area contributed by atoms with E-state index >= 15 is 0 Å². The van der Waals surface area contributed by atoms with Gasteiger partial charge in [0.2, 0.25) is 5.88 Å². The lowest BCUT2D eigenvalue weighted by Crippen LogP contribution is -2.28. The molecule has 0 aromatic carbocycles. The third-order valence-electron chi connectivity index (χ3n) is 5.85.